The second-order valence-electron chi connectivity index (χ2n) is 10.5. The summed E-state index contributed by atoms with van der Waals surface area (Å²) in [5, 5.41) is 5.30. The number of rotatable bonds is 6. The third-order valence-electron chi connectivity index (χ3n) is 7.38. The highest BCUT2D eigenvalue weighted by Crippen LogP contribution is 2.34. The van der Waals surface area contributed by atoms with Gasteiger partial charge >= 0.3 is 0 Å². The molecule has 0 bridgehead atoms. The van der Waals surface area contributed by atoms with E-state index in [1.807, 2.05) is 31.2 Å². The Morgan fingerprint density at radius 3 is 2.42 bits per heavy atom. The van der Waals surface area contributed by atoms with Crippen LogP contribution in [-0.2, 0) is 0 Å². The summed E-state index contributed by atoms with van der Waals surface area (Å²) in [5.74, 6) is 1.56. The minimum Gasteiger partial charge on any atom is -0.496 e. The summed E-state index contributed by atoms with van der Waals surface area (Å²) >= 11 is 2.36. The predicted octanol–water partition coefficient (Wildman–Crippen LogP) is 7.71. The van der Waals surface area contributed by atoms with Crippen molar-refractivity contribution in [1.29, 1.82) is 0 Å². The SMILES string of the molecule is COc1cc(C)c(-c2nc3ccccc3c(=O)n2N=Cc2cc(C)n(-c3ccc(I)c(C)c3)c2C)cc1C(C)C. The van der Waals surface area contributed by atoms with Gasteiger partial charge in [0.25, 0.3) is 5.56 Å². The van der Waals surface area contributed by atoms with Crippen LogP contribution < -0.4 is 10.3 Å². The van der Waals surface area contributed by atoms with Crippen LogP contribution in [0, 0.1) is 31.3 Å². The Morgan fingerprint density at radius 2 is 1.73 bits per heavy atom. The van der Waals surface area contributed by atoms with Crippen LogP contribution in [0.3, 0.4) is 0 Å². The standard InChI is InChI=1S/C33H33IN4O2/c1-19(2)27-17-28(20(3)15-31(27)40-7)32-36-30-11-9-8-10-26(30)33(39)38(32)35-18-24-16-22(5)37(23(24)6)25-12-13-29(34)21(4)14-25/h8-19H,1-7H3. The lowest BCUT2D eigenvalue weighted by molar-refractivity contribution is 0.407. The number of benzene rings is 3. The largest absolute Gasteiger partial charge is 0.496 e. The van der Waals surface area contributed by atoms with Crippen molar-refractivity contribution in [2.75, 3.05) is 7.11 Å². The van der Waals surface area contributed by atoms with Crippen LogP contribution in [0.4, 0.5) is 0 Å². The first kappa shape index (κ1) is 27.8. The van der Waals surface area contributed by atoms with Crippen molar-refractivity contribution < 1.29 is 4.74 Å². The summed E-state index contributed by atoms with van der Waals surface area (Å²) in [5.41, 5.74) is 8.71. The number of nitrogens with zero attached hydrogens (tertiary/aromatic N) is 4. The van der Waals surface area contributed by atoms with Crippen molar-refractivity contribution in [3.63, 3.8) is 0 Å². The molecule has 0 aliphatic rings. The molecule has 0 unspecified atom stereocenters. The zero-order chi connectivity index (χ0) is 28.7. The lowest BCUT2D eigenvalue weighted by atomic mass is 9.96. The number of halogens is 1. The van der Waals surface area contributed by atoms with E-state index in [4.69, 9.17) is 14.8 Å². The molecule has 0 radical (unpaired) electrons. The summed E-state index contributed by atoms with van der Waals surface area (Å²) < 4.78 is 10.5. The molecule has 5 rings (SSSR count). The fourth-order valence-electron chi connectivity index (χ4n) is 5.18. The van der Waals surface area contributed by atoms with E-state index in [0.717, 1.165) is 45.1 Å². The summed E-state index contributed by atoms with van der Waals surface area (Å²) in [7, 11) is 1.68. The normalized spacial score (nSPS) is 11.7. The minimum absolute atomic E-state index is 0.208. The third kappa shape index (κ3) is 4.98. The summed E-state index contributed by atoms with van der Waals surface area (Å²) in [6, 6.07) is 20.1. The minimum atomic E-state index is -0.208. The number of hydrogen-bond acceptors (Lipinski definition) is 4. The number of aromatic nitrogens is 3. The van der Waals surface area contributed by atoms with Crippen molar-refractivity contribution in [3.05, 3.63) is 108 Å². The maximum absolute atomic E-state index is 13.8. The molecule has 2 aromatic heterocycles. The molecule has 0 aliphatic carbocycles. The summed E-state index contributed by atoms with van der Waals surface area (Å²) in [6.45, 7) is 12.5. The van der Waals surface area contributed by atoms with Crippen LogP contribution in [0.2, 0.25) is 0 Å². The molecule has 3 aromatic carbocycles. The Morgan fingerprint density at radius 1 is 0.975 bits per heavy atom. The highest BCUT2D eigenvalue weighted by molar-refractivity contribution is 14.1. The van der Waals surface area contributed by atoms with Gasteiger partial charge < -0.3 is 9.30 Å². The molecule has 7 heteroatoms. The molecule has 0 amide bonds. The van der Waals surface area contributed by atoms with Gasteiger partial charge in [-0.05, 0) is 121 Å². The molecular weight excluding hydrogens is 611 g/mol. The van der Waals surface area contributed by atoms with Gasteiger partial charge in [0.2, 0.25) is 0 Å². The zero-order valence-electron chi connectivity index (χ0n) is 23.9. The third-order valence-corrected chi connectivity index (χ3v) is 8.59. The van der Waals surface area contributed by atoms with Gasteiger partial charge in [-0.3, -0.25) is 4.79 Å². The number of fused-ring (bicyclic) bond motifs is 1. The number of ether oxygens (including phenoxy) is 1. The molecule has 0 aliphatic heterocycles. The summed E-state index contributed by atoms with van der Waals surface area (Å²) in [6.07, 6.45) is 1.77. The molecule has 40 heavy (non-hydrogen) atoms. The number of hydrogen-bond donors (Lipinski definition) is 0. The van der Waals surface area contributed by atoms with E-state index in [-0.39, 0.29) is 11.5 Å². The van der Waals surface area contributed by atoms with Crippen molar-refractivity contribution in [2.45, 2.75) is 47.5 Å². The monoisotopic (exact) mass is 644 g/mol. The smallest absolute Gasteiger partial charge is 0.282 e. The van der Waals surface area contributed by atoms with E-state index in [2.05, 4.69) is 92.1 Å². The van der Waals surface area contributed by atoms with E-state index >= 15 is 0 Å². The zero-order valence-corrected chi connectivity index (χ0v) is 26.1. The molecule has 2 heterocycles. The van der Waals surface area contributed by atoms with Crippen LogP contribution in [-0.4, -0.2) is 27.6 Å². The second kappa shape index (κ2) is 11.0. The first-order valence-corrected chi connectivity index (χ1v) is 14.4. The Kier molecular flexibility index (Phi) is 7.68. The van der Waals surface area contributed by atoms with Crippen LogP contribution in [0.25, 0.3) is 28.0 Å². The van der Waals surface area contributed by atoms with Gasteiger partial charge in [-0.1, -0.05) is 26.0 Å². The van der Waals surface area contributed by atoms with Gasteiger partial charge in [-0.25, -0.2) is 4.98 Å². The molecule has 0 N–H and O–H groups in total. The van der Waals surface area contributed by atoms with Crippen molar-refractivity contribution in [3.8, 4) is 22.8 Å². The molecule has 0 spiro atoms. The highest BCUT2D eigenvalue weighted by atomic mass is 127. The van der Waals surface area contributed by atoms with E-state index in [0.29, 0.717) is 16.7 Å². The van der Waals surface area contributed by atoms with Gasteiger partial charge in [0, 0.05) is 31.8 Å². The summed E-state index contributed by atoms with van der Waals surface area (Å²) in [4.78, 5) is 18.8. The Labute approximate surface area is 248 Å². The average Bonchev–Trinajstić information content (AvgIpc) is 3.21. The Bertz CT molecular complexity index is 1850. The predicted molar refractivity (Wildman–Crippen MR) is 173 cm³/mol. The molecular formula is C33H33IN4O2. The van der Waals surface area contributed by atoms with Crippen LogP contribution in [0.1, 0.15) is 53.4 Å². The van der Waals surface area contributed by atoms with E-state index in [9.17, 15) is 4.79 Å². The molecule has 6 nitrogen and oxygen atoms in total. The molecule has 0 fully saturated rings. The average molecular weight is 645 g/mol. The quantitative estimate of drug-likeness (QED) is 0.141. The van der Waals surface area contributed by atoms with Gasteiger partial charge in [-0.2, -0.15) is 9.78 Å². The Hall–Kier alpha value is -3.72. The van der Waals surface area contributed by atoms with Crippen LogP contribution in [0.5, 0.6) is 5.75 Å². The fourth-order valence-corrected chi connectivity index (χ4v) is 5.51. The van der Waals surface area contributed by atoms with Gasteiger partial charge in [0.15, 0.2) is 5.82 Å². The molecule has 0 saturated carbocycles. The van der Waals surface area contributed by atoms with E-state index in [1.54, 1.807) is 19.4 Å². The molecule has 5 aromatic rings. The lowest BCUT2D eigenvalue weighted by Gasteiger charge is -2.17. The van der Waals surface area contributed by atoms with E-state index in [1.165, 1.54) is 13.8 Å². The fraction of sp³-hybridized carbons (Fsp3) is 0.242. The van der Waals surface area contributed by atoms with Crippen LogP contribution in [0.15, 0.2) is 70.6 Å². The van der Waals surface area contributed by atoms with Crippen molar-refractivity contribution >= 4 is 39.7 Å². The van der Waals surface area contributed by atoms with Crippen LogP contribution >= 0.6 is 22.6 Å². The first-order chi connectivity index (χ1) is 19.1. The Balaban J connectivity index is 1.70. The molecule has 0 atom stereocenters. The number of aryl methyl sites for hydroxylation is 3. The lowest BCUT2D eigenvalue weighted by Crippen LogP contribution is -2.21. The molecule has 204 valence electrons. The number of para-hydroxylation sites is 1. The van der Waals surface area contributed by atoms with Gasteiger partial charge in [0.1, 0.15) is 5.75 Å². The van der Waals surface area contributed by atoms with Gasteiger partial charge in [0.05, 0.1) is 24.2 Å². The van der Waals surface area contributed by atoms with E-state index < -0.39 is 0 Å². The maximum Gasteiger partial charge on any atom is 0.282 e. The highest BCUT2D eigenvalue weighted by Gasteiger charge is 2.19. The van der Waals surface area contributed by atoms with Crippen molar-refractivity contribution in [1.82, 2.24) is 14.2 Å². The second-order valence-corrected chi connectivity index (χ2v) is 11.6. The first-order valence-electron chi connectivity index (χ1n) is 13.3. The molecule has 0 saturated heterocycles. The number of methoxy groups -OCH3 is 1. The topological polar surface area (TPSA) is 61.4 Å². The maximum atomic E-state index is 13.8. The van der Waals surface area contributed by atoms with Crippen molar-refractivity contribution in [2.24, 2.45) is 5.10 Å². The van der Waals surface area contributed by atoms with Gasteiger partial charge in [-0.15, -0.1) is 0 Å².